The number of oxazole rings is 1. The molecule has 6 nitrogen and oxygen atoms in total. The standard InChI is InChI=1S/C25H30N4O2/c30-24(26-20-8-10-21(11-9-20)29-14-4-1-5-15-29)18-28-16-12-19(13-17-28)25-27-22-6-2-3-7-23(22)31-25/h2-3,6-11,19H,1,4-5,12-18H2,(H,26,30). The number of amides is 1. The van der Waals surface area contributed by atoms with Gasteiger partial charge in [-0.05, 0) is 81.6 Å². The predicted molar refractivity (Wildman–Crippen MR) is 124 cm³/mol. The van der Waals surface area contributed by atoms with E-state index in [1.54, 1.807) is 0 Å². The molecule has 2 fully saturated rings. The van der Waals surface area contributed by atoms with E-state index in [1.807, 2.05) is 36.4 Å². The molecule has 0 bridgehead atoms. The molecule has 1 N–H and O–H groups in total. The largest absolute Gasteiger partial charge is 0.440 e. The smallest absolute Gasteiger partial charge is 0.238 e. The summed E-state index contributed by atoms with van der Waals surface area (Å²) in [6, 6.07) is 16.2. The second-order valence-corrected chi connectivity index (χ2v) is 8.71. The molecule has 0 aliphatic carbocycles. The van der Waals surface area contributed by atoms with Gasteiger partial charge in [0.2, 0.25) is 5.91 Å². The lowest BCUT2D eigenvalue weighted by Crippen LogP contribution is -2.38. The Morgan fingerprint density at radius 3 is 2.45 bits per heavy atom. The first-order valence-corrected chi connectivity index (χ1v) is 11.5. The van der Waals surface area contributed by atoms with Gasteiger partial charge in [-0.15, -0.1) is 0 Å². The molecule has 1 amide bonds. The summed E-state index contributed by atoms with van der Waals surface area (Å²) in [4.78, 5) is 21.8. The van der Waals surface area contributed by atoms with Crippen LogP contribution in [0.2, 0.25) is 0 Å². The van der Waals surface area contributed by atoms with Crippen LogP contribution >= 0.6 is 0 Å². The molecule has 3 aromatic rings. The summed E-state index contributed by atoms with van der Waals surface area (Å²) in [5.41, 5.74) is 3.89. The number of piperidine rings is 2. The highest BCUT2D eigenvalue weighted by Gasteiger charge is 2.25. The molecule has 2 aromatic carbocycles. The van der Waals surface area contributed by atoms with Gasteiger partial charge in [0.15, 0.2) is 11.5 Å². The van der Waals surface area contributed by atoms with Gasteiger partial charge in [0, 0.05) is 30.4 Å². The summed E-state index contributed by atoms with van der Waals surface area (Å²) < 4.78 is 5.94. The van der Waals surface area contributed by atoms with Crippen LogP contribution < -0.4 is 10.2 Å². The van der Waals surface area contributed by atoms with Gasteiger partial charge >= 0.3 is 0 Å². The second-order valence-electron chi connectivity index (χ2n) is 8.71. The van der Waals surface area contributed by atoms with E-state index in [-0.39, 0.29) is 5.91 Å². The predicted octanol–water partition coefficient (Wildman–Crippen LogP) is 4.64. The number of rotatable bonds is 5. The first-order valence-electron chi connectivity index (χ1n) is 11.5. The fourth-order valence-corrected chi connectivity index (χ4v) is 4.71. The number of para-hydroxylation sites is 2. The number of carbonyl (C=O) groups is 1. The summed E-state index contributed by atoms with van der Waals surface area (Å²) in [6.07, 6.45) is 5.79. The third-order valence-electron chi connectivity index (χ3n) is 6.49. The molecule has 31 heavy (non-hydrogen) atoms. The van der Waals surface area contributed by atoms with Gasteiger partial charge in [-0.1, -0.05) is 12.1 Å². The van der Waals surface area contributed by atoms with Crippen molar-refractivity contribution in [3.63, 3.8) is 0 Å². The molecular formula is C25H30N4O2. The number of nitrogens with one attached hydrogen (secondary N) is 1. The Labute approximate surface area is 183 Å². The molecule has 2 aliphatic rings. The summed E-state index contributed by atoms with van der Waals surface area (Å²) in [5, 5.41) is 3.05. The van der Waals surface area contributed by atoms with E-state index >= 15 is 0 Å². The Morgan fingerprint density at radius 1 is 0.968 bits per heavy atom. The number of fused-ring (bicyclic) bond motifs is 1. The number of nitrogens with zero attached hydrogens (tertiary/aromatic N) is 3. The van der Waals surface area contributed by atoms with Gasteiger partial charge in [-0.3, -0.25) is 9.69 Å². The number of benzene rings is 2. The normalized spacial score (nSPS) is 18.4. The van der Waals surface area contributed by atoms with Crippen LogP contribution in [0.4, 0.5) is 11.4 Å². The van der Waals surface area contributed by atoms with Crippen LogP contribution in [0, 0.1) is 0 Å². The maximum atomic E-state index is 12.5. The maximum absolute atomic E-state index is 12.5. The number of hydrogen-bond acceptors (Lipinski definition) is 5. The molecule has 6 heteroatoms. The van der Waals surface area contributed by atoms with Gasteiger partial charge in [-0.25, -0.2) is 4.98 Å². The molecular weight excluding hydrogens is 388 g/mol. The summed E-state index contributed by atoms with van der Waals surface area (Å²) in [6.45, 7) is 4.44. The molecule has 2 saturated heterocycles. The highest BCUT2D eigenvalue weighted by Crippen LogP contribution is 2.30. The van der Waals surface area contributed by atoms with Crippen LogP contribution in [0.15, 0.2) is 52.9 Å². The van der Waals surface area contributed by atoms with Crippen LogP contribution in [0.25, 0.3) is 11.1 Å². The number of hydrogen-bond donors (Lipinski definition) is 1. The number of aromatic nitrogens is 1. The van der Waals surface area contributed by atoms with Gasteiger partial charge in [0.25, 0.3) is 0 Å². The van der Waals surface area contributed by atoms with E-state index in [0.29, 0.717) is 12.5 Å². The van der Waals surface area contributed by atoms with Gasteiger partial charge < -0.3 is 14.6 Å². The van der Waals surface area contributed by atoms with E-state index in [1.165, 1.54) is 24.9 Å². The Kier molecular flexibility index (Phi) is 5.89. The molecule has 0 saturated carbocycles. The Bertz CT molecular complexity index is 982. The molecule has 2 aliphatic heterocycles. The average molecular weight is 419 g/mol. The van der Waals surface area contributed by atoms with Gasteiger partial charge in [-0.2, -0.15) is 0 Å². The van der Waals surface area contributed by atoms with Crippen LogP contribution in [-0.2, 0) is 4.79 Å². The van der Waals surface area contributed by atoms with Gasteiger partial charge in [0.05, 0.1) is 6.54 Å². The second kappa shape index (κ2) is 9.10. The van der Waals surface area contributed by atoms with E-state index in [2.05, 4.69) is 32.2 Å². The number of likely N-dealkylation sites (tertiary alicyclic amines) is 1. The van der Waals surface area contributed by atoms with E-state index < -0.39 is 0 Å². The quantitative estimate of drug-likeness (QED) is 0.654. The molecule has 3 heterocycles. The molecule has 0 spiro atoms. The number of carbonyl (C=O) groups excluding carboxylic acids is 1. The first kappa shape index (κ1) is 20.1. The minimum Gasteiger partial charge on any atom is -0.440 e. The molecule has 0 radical (unpaired) electrons. The van der Waals surface area contributed by atoms with Crippen molar-refractivity contribution >= 4 is 28.4 Å². The monoisotopic (exact) mass is 418 g/mol. The van der Waals surface area contributed by atoms with Crippen molar-refractivity contribution in [3.05, 3.63) is 54.4 Å². The zero-order valence-electron chi connectivity index (χ0n) is 17.9. The first-order chi connectivity index (χ1) is 15.2. The third kappa shape index (κ3) is 4.74. The fraction of sp³-hybridized carbons (Fsp3) is 0.440. The van der Waals surface area contributed by atoms with E-state index in [9.17, 15) is 4.79 Å². The van der Waals surface area contributed by atoms with Crippen LogP contribution in [0.3, 0.4) is 0 Å². The molecule has 1 aromatic heterocycles. The Balaban J connectivity index is 1.10. The third-order valence-corrected chi connectivity index (χ3v) is 6.49. The van der Waals surface area contributed by atoms with Crippen molar-refractivity contribution in [1.29, 1.82) is 0 Å². The van der Waals surface area contributed by atoms with Crippen LogP contribution in [0.1, 0.15) is 43.9 Å². The summed E-state index contributed by atoms with van der Waals surface area (Å²) >= 11 is 0. The maximum Gasteiger partial charge on any atom is 0.238 e. The lowest BCUT2D eigenvalue weighted by Gasteiger charge is -2.30. The zero-order chi connectivity index (χ0) is 21.0. The highest BCUT2D eigenvalue weighted by atomic mass is 16.3. The SMILES string of the molecule is O=C(CN1CCC(c2nc3ccccc3o2)CC1)Nc1ccc(N2CCCCC2)cc1. The lowest BCUT2D eigenvalue weighted by atomic mass is 9.97. The Hall–Kier alpha value is -2.86. The Morgan fingerprint density at radius 2 is 1.71 bits per heavy atom. The van der Waals surface area contributed by atoms with E-state index in [0.717, 1.165) is 61.7 Å². The van der Waals surface area contributed by atoms with Crippen molar-refractivity contribution in [2.75, 3.05) is 42.9 Å². The van der Waals surface area contributed by atoms with Crippen molar-refractivity contribution in [2.24, 2.45) is 0 Å². The van der Waals surface area contributed by atoms with Crippen molar-refractivity contribution in [1.82, 2.24) is 9.88 Å². The lowest BCUT2D eigenvalue weighted by molar-refractivity contribution is -0.117. The molecule has 162 valence electrons. The van der Waals surface area contributed by atoms with Gasteiger partial charge in [0.1, 0.15) is 5.52 Å². The van der Waals surface area contributed by atoms with E-state index in [4.69, 9.17) is 4.42 Å². The summed E-state index contributed by atoms with van der Waals surface area (Å²) in [5.74, 6) is 1.21. The van der Waals surface area contributed by atoms with Crippen molar-refractivity contribution < 1.29 is 9.21 Å². The zero-order valence-corrected chi connectivity index (χ0v) is 17.9. The molecule has 0 atom stereocenters. The summed E-state index contributed by atoms with van der Waals surface area (Å²) in [7, 11) is 0. The minimum absolute atomic E-state index is 0.0473. The number of anilines is 2. The van der Waals surface area contributed by atoms with Crippen LogP contribution in [-0.4, -0.2) is 48.5 Å². The van der Waals surface area contributed by atoms with Crippen molar-refractivity contribution in [3.8, 4) is 0 Å². The molecule has 5 rings (SSSR count). The minimum atomic E-state index is 0.0473. The van der Waals surface area contributed by atoms with Crippen molar-refractivity contribution in [2.45, 2.75) is 38.0 Å². The topological polar surface area (TPSA) is 61.6 Å². The average Bonchev–Trinajstić information content (AvgIpc) is 3.25. The highest BCUT2D eigenvalue weighted by molar-refractivity contribution is 5.92. The fourth-order valence-electron chi connectivity index (χ4n) is 4.71. The molecule has 0 unspecified atom stereocenters. The van der Waals surface area contributed by atoms with Crippen LogP contribution in [0.5, 0.6) is 0 Å².